The first-order chi connectivity index (χ1) is 14.2. The van der Waals surface area contributed by atoms with Crippen molar-refractivity contribution in [1.82, 2.24) is 14.6 Å². The molecular weight excluding hydrogens is 366 g/mol. The molecule has 0 saturated heterocycles. The van der Waals surface area contributed by atoms with Crippen LogP contribution in [0.1, 0.15) is 31.7 Å². The van der Waals surface area contributed by atoms with Crippen LogP contribution in [-0.4, -0.2) is 38.6 Å². The lowest BCUT2D eigenvalue weighted by atomic mass is 10.1. The van der Waals surface area contributed by atoms with Gasteiger partial charge in [0.15, 0.2) is 0 Å². The number of nitrogens with one attached hydrogen (secondary N) is 1. The quantitative estimate of drug-likeness (QED) is 0.702. The van der Waals surface area contributed by atoms with E-state index in [0.717, 1.165) is 28.7 Å². The maximum atomic E-state index is 12.5. The van der Waals surface area contributed by atoms with Gasteiger partial charge in [-0.1, -0.05) is 42.5 Å². The van der Waals surface area contributed by atoms with Gasteiger partial charge in [-0.05, 0) is 24.6 Å². The van der Waals surface area contributed by atoms with Crippen LogP contribution in [0.15, 0.2) is 59.7 Å². The molecule has 148 valence electrons. The Kier molecular flexibility index (Phi) is 5.37. The minimum absolute atomic E-state index is 0.0957. The summed E-state index contributed by atoms with van der Waals surface area (Å²) in [7, 11) is 0. The monoisotopic (exact) mass is 389 g/mol. The molecule has 0 spiro atoms. The third-order valence-corrected chi connectivity index (χ3v) is 4.98. The summed E-state index contributed by atoms with van der Waals surface area (Å²) in [4.78, 5) is 29.3. The van der Waals surface area contributed by atoms with Crippen LogP contribution < -0.4 is 5.32 Å². The van der Waals surface area contributed by atoms with E-state index in [-0.39, 0.29) is 24.7 Å². The molecule has 0 unspecified atom stereocenters. The summed E-state index contributed by atoms with van der Waals surface area (Å²) in [6.45, 7) is 3.25. The van der Waals surface area contributed by atoms with Crippen LogP contribution in [0.25, 0.3) is 11.0 Å². The van der Waals surface area contributed by atoms with Crippen molar-refractivity contribution in [2.24, 2.45) is 5.10 Å². The van der Waals surface area contributed by atoms with E-state index in [1.165, 1.54) is 5.01 Å². The number of imidazole rings is 1. The fourth-order valence-electron chi connectivity index (χ4n) is 3.50. The van der Waals surface area contributed by atoms with Crippen LogP contribution in [-0.2, 0) is 16.1 Å². The summed E-state index contributed by atoms with van der Waals surface area (Å²) in [6.07, 6.45) is 0.935. The van der Waals surface area contributed by atoms with Crippen molar-refractivity contribution in [1.29, 1.82) is 0 Å². The molecule has 2 aromatic carbocycles. The third-order valence-electron chi connectivity index (χ3n) is 4.98. The van der Waals surface area contributed by atoms with Crippen molar-refractivity contribution in [3.8, 4) is 0 Å². The van der Waals surface area contributed by atoms with Gasteiger partial charge in [-0.25, -0.2) is 9.99 Å². The van der Waals surface area contributed by atoms with Gasteiger partial charge in [0, 0.05) is 25.8 Å². The molecule has 0 atom stereocenters. The number of carbonyl (C=O) groups excluding carboxylic acids is 2. The standard InChI is InChI=1S/C22H23N5O2/c1-2-26-19-11-7-6-10-18(19)23-22(26)24-20(28)12-13-21(29)27-15-14-17(25-27)16-8-4-3-5-9-16/h3-11H,2,12-15H2,1H3,(H,23,24,28). The van der Waals surface area contributed by atoms with Gasteiger partial charge in [-0.3, -0.25) is 14.9 Å². The van der Waals surface area contributed by atoms with Crippen LogP contribution in [0.4, 0.5) is 5.95 Å². The highest BCUT2D eigenvalue weighted by atomic mass is 16.2. The summed E-state index contributed by atoms with van der Waals surface area (Å²) in [5, 5.41) is 8.74. The van der Waals surface area contributed by atoms with Gasteiger partial charge in [0.1, 0.15) is 0 Å². The summed E-state index contributed by atoms with van der Waals surface area (Å²) >= 11 is 0. The maximum absolute atomic E-state index is 12.5. The van der Waals surface area contributed by atoms with Crippen molar-refractivity contribution < 1.29 is 9.59 Å². The highest BCUT2D eigenvalue weighted by molar-refractivity contribution is 6.02. The van der Waals surface area contributed by atoms with Crippen LogP contribution in [0, 0.1) is 0 Å². The van der Waals surface area contributed by atoms with Gasteiger partial charge >= 0.3 is 0 Å². The highest BCUT2D eigenvalue weighted by Gasteiger charge is 2.22. The zero-order valence-corrected chi connectivity index (χ0v) is 16.3. The largest absolute Gasteiger partial charge is 0.310 e. The number of carbonyl (C=O) groups is 2. The highest BCUT2D eigenvalue weighted by Crippen LogP contribution is 2.20. The molecule has 0 saturated carbocycles. The van der Waals surface area contributed by atoms with E-state index in [1.54, 1.807) is 0 Å². The molecular formula is C22H23N5O2. The molecule has 3 aromatic rings. The molecule has 0 aliphatic carbocycles. The van der Waals surface area contributed by atoms with E-state index >= 15 is 0 Å². The van der Waals surface area contributed by atoms with E-state index in [0.29, 0.717) is 19.0 Å². The number of para-hydroxylation sites is 2. The average Bonchev–Trinajstić information content (AvgIpc) is 3.37. The molecule has 2 heterocycles. The van der Waals surface area contributed by atoms with Crippen molar-refractivity contribution in [2.45, 2.75) is 32.7 Å². The van der Waals surface area contributed by atoms with Crippen molar-refractivity contribution >= 4 is 34.5 Å². The van der Waals surface area contributed by atoms with E-state index in [9.17, 15) is 9.59 Å². The Hall–Kier alpha value is -3.48. The SMILES string of the molecule is CCn1c(NC(=O)CCC(=O)N2CCC(c3ccccc3)=N2)nc2ccccc21. The maximum Gasteiger partial charge on any atom is 0.243 e. The van der Waals surface area contributed by atoms with Gasteiger partial charge in [-0.15, -0.1) is 0 Å². The zero-order valence-electron chi connectivity index (χ0n) is 16.3. The van der Waals surface area contributed by atoms with Crippen LogP contribution in [0.3, 0.4) is 0 Å². The Labute approximate surface area is 169 Å². The summed E-state index contributed by atoms with van der Waals surface area (Å²) < 4.78 is 1.95. The minimum Gasteiger partial charge on any atom is -0.310 e. The van der Waals surface area contributed by atoms with Crippen molar-refractivity contribution in [3.05, 3.63) is 60.2 Å². The molecule has 4 rings (SSSR count). The topological polar surface area (TPSA) is 79.6 Å². The Bertz CT molecular complexity index is 1070. The molecule has 0 radical (unpaired) electrons. The van der Waals surface area contributed by atoms with Gasteiger partial charge in [0.25, 0.3) is 0 Å². The fraction of sp³-hybridized carbons (Fsp3) is 0.273. The zero-order chi connectivity index (χ0) is 20.2. The number of fused-ring (bicyclic) bond motifs is 1. The molecule has 0 bridgehead atoms. The second-order valence-electron chi connectivity index (χ2n) is 6.90. The number of hydrogen-bond acceptors (Lipinski definition) is 4. The molecule has 1 aromatic heterocycles. The van der Waals surface area contributed by atoms with Crippen molar-refractivity contribution in [2.75, 3.05) is 11.9 Å². The van der Waals surface area contributed by atoms with Gasteiger partial charge in [-0.2, -0.15) is 5.10 Å². The summed E-state index contributed by atoms with van der Waals surface area (Å²) in [5.41, 5.74) is 3.74. The van der Waals surface area contributed by atoms with Crippen LogP contribution >= 0.6 is 0 Å². The number of hydrazone groups is 1. The van der Waals surface area contributed by atoms with Gasteiger partial charge < -0.3 is 4.57 Å². The molecule has 7 nitrogen and oxygen atoms in total. The Morgan fingerprint density at radius 3 is 2.59 bits per heavy atom. The smallest absolute Gasteiger partial charge is 0.243 e. The number of amides is 2. The molecule has 1 aliphatic rings. The van der Waals surface area contributed by atoms with E-state index in [4.69, 9.17) is 0 Å². The summed E-state index contributed by atoms with van der Waals surface area (Å²) in [5.74, 6) is 0.140. The lowest BCUT2D eigenvalue weighted by molar-refractivity contribution is -0.132. The molecule has 7 heteroatoms. The normalized spacial score (nSPS) is 13.6. The molecule has 0 fully saturated rings. The Morgan fingerprint density at radius 1 is 1.03 bits per heavy atom. The van der Waals surface area contributed by atoms with Crippen molar-refractivity contribution in [3.63, 3.8) is 0 Å². The van der Waals surface area contributed by atoms with E-state index < -0.39 is 0 Å². The summed E-state index contributed by atoms with van der Waals surface area (Å²) in [6, 6.07) is 17.6. The minimum atomic E-state index is -0.227. The number of hydrogen-bond donors (Lipinski definition) is 1. The average molecular weight is 389 g/mol. The molecule has 1 aliphatic heterocycles. The lowest BCUT2D eigenvalue weighted by Gasteiger charge is -2.11. The second kappa shape index (κ2) is 8.26. The number of aromatic nitrogens is 2. The fourth-order valence-corrected chi connectivity index (χ4v) is 3.50. The van der Waals surface area contributed by atoms with E-state index in [1.807, 2.05) is 66.1 Å². The second-order valence-corrected chi connectivity index (χ2v) is 6.90. The Balaban J connectivity index is 1.35. The van der Waals surface area contributed by atoms with Crippen LogP contribution in [0.2, 0.25) is 0 Å². The predicted molar refractivity (Wildman–Crippen MR) is 113 cm³/mol. The first kappa shape index (κ1) is 18.9. The van der Waals surface area contributed by atoms with Gasteiger partial charge in [0.2, 0.25) is 17.8 Å². The lowest BCUT2D eigenvalue weighted by Crippen LogP contribution is -2.25. The molecule has 2 amide bonds. The predicted octanol–water partition coefficient (Wildman–Crippen LogP) is 3.41. The number of rotatable bonds is 6. The first-order valence-electron chi connectivity index (χ1n) is 9.84. The number of nitrogens with zero attached hydrogens (tertiary/aromatic N) is 4. The molecule has 1 N–H and O–H groups in total. The van der Waals surface area contributed by atoms with E-state index in [2.05, 4.69) is 15.4 Å². The first-order valence-corrected chi connectivity index (χ1v) is 9.84. The Morgan fingerprint density at radius 2 is 1.79 bits per heavy atom. The molecule has 29 heavy (non-hydrogen) atoms. The van der Waals surface area contributed by atoms with Gasteiger partial charge in [0.05, 0.1) is 23.3 Å². The third kappa shape index (κ3) is 4.03. The number of aryl methyl sites for hydroxylation is 1. The number of anilines is 1. The van der Waals surface area contributed by atoms with Crippen LogP contribution in [0.5, 0.6) is 0 Å². The number of benzene rings is 2.